The highest BCUT2D eigenvalue weighted by atomic mass is 35.5. The van der Waals surface area contributed by atoms with Gasteiger partial charge in [-0.3, -0.25) is 14.9 Å². The highest BCUT2D eigenvalue weighted by Gasteiger charge is 2.16. The van der Waals surface area contributed by atoms with Crippen LogP contribution >= 0.6 is 11.6 Å². The number of nitrogens with one attached hydrogen (secondary N) is 1. The molecule has 0 bridgehead atoms. The molecule has 1 amide bonds. The summed E-state index contributed by atoms with van der Waals surface area (Å²) in [6, 6.07) is 13.7. The molecule has 138 valence electrons. The Morgan fingerprint density at radius 3 is 2.54 bits per heavy atom. The van der Waals surface area contributed by atoms with Crippen LogP contribution in [0.15, 0.2) is 48.5 Å². The van der Waals surface area contributed by atoms with E-state index in [2.05, 4.69) is 5.32 Å². The number of hydrogen-bond donors (Lipinski definition) is 1. The molecule has 0 heterocycles. The second-order valence-corrected chi connectivity index (χ2v) is 6.26. The summed E-state index contributed by atoms with van der Waals surface area (Å²) in [5.41, 5.74) is 0.959. The molecule has 0 aliphatic heterocycles. The van der Waals surface area contributed by atoms with Gasteiger partial charge in [-0.15, -0.1) is 0 Å². The maximum absolute atomic E-state index is 12.1. The van der Waals surface area contributed by atoms with E-state index in [1.807, 2.05) is 49.3 Å². The van der Waals surface area contributed by atoms with E-state index in [1.54, 1.807) is 0 Å². The van der Waals surface area contributed by atoms with E-state index in [1.165, 1.54) is 18.2 Å². The lowest BCUT2D eigenvalue weighted by atomic mass is 10.1. The van der Waals surface area contributed by atoms with Crippen molar-refractivity contribution in [3.8, 4) is 5.75 Å². The number of non-ortho nitro benzene ring substituents is 1. The minimum atomic E-state index is -0.548. The molecule has 0 fully saturated rings. The van der Waals surface area contributed by atoms with Crippen molar-refractivity contribution in [1.82, 2.24) is 10.2 Å². The minimum Gasteiger partial charge on any atom is -0.482 e. The topological polar surface area (TPSA) is 84.7 Å². The van der Waals surface area contributed by atoms with Crippen molar-refractivity contribution in [2.75, 3.05) is 27.2 Å². The van der Waals surface area contributed by atoms with Gasteiger partial charge >= 0.3 is 0 Å². The summed E-state index contributed by atoms with van der Waals surface area (Å²) in [7, 11) is 3.88. The van der Waals surface area contributed by atoms with Crippen molar-refractivity contribution < 1.29 is 14.5 Å². The molecule has 2 rings (SSSR count). The van der Waals surface area contributed by atoms with Crippen LogP contribution < -0.4 is 10.1 Å². The molecule has 7 nitrogen and oxygen atoms in total. The van der Waals surface area contributed by atoms with Crippen LogP contribution in [-0.2, 0) is 4.79 Å². The molecular weight excluding hydrogens is 358 g/mol. The molecule has 8 heteroatoms. The summed E-state index contributed by atoms with van der Waals surface area (Å²) in [5, 5.41) is 13.6. The maximum Gasteiger partial charge on any atom is 0.271 e. The summed E-state index contributed by atoms with van der Waals surface area (Å²) < 4.78 is 5.35. The molecule has 0 unspecified atom stereocenters. The number of benzene rings is 2. The van der Waals surface area contributed by atoms with Gasteiger partial charge in [0.15, 0.2) is 6.61 Å². The number of likely N-dealkylation sites (N-methyl/N-ethyl adjacent to an activating group) is 1. The zero-order valence-corrected chi connectivity index (χ0v) is 15.3. The molecule has 0 aliphatic rings. The lowest BCUT2D eigenvalue weighted by Gasteiger charge is -2.25. The van der Waals surface area contributed by atoms with E-state index in [-0.39, 0.29) is 35.0 Å². The Bertz CT molecular complexity index is 768. The maximum atomic E-state index is 12.1. The molecule has 26 heavy (non-hydrogen) atoms. The van der Waals surface area contributed by atoms with Crippen molar-refractivity contribution in [2.45, 2.75) is 6.04 Å². The molecule has 0 spiro atoms. The number of rotatable bonds is 8. The lowest BCUT2D eigenvalue weighted by Crippen LogP contribution is -2.36. The second-order valence-electron chi connectivity index (χ2n) is 5.85. The van der Waals surface area contributed by atoms with Crippen LogP contribution in [-0.4, -0.2) is 43.0 Å². The monoisotopic (exact) mass is 377 g/mol. The van der Waals surface area contributed by atoms with E-state index < -0.39 is 4.92 Å². The predicted octanol–water partition coefficient (Wildman–Crippen LogP) is 3.05. The molecule has 1 N–H and O–H groups in total. The van der Waals surface area contributed by atoms with Gasteiger partial charge in [0, 0.05) is 18.7 Å². The number of amides is 1. The average molecular weight is 378 g/mol. The van der Waals surface area contributed by atoms with E-state index >= 15 is 0 Å². The molecule has 0 radical (unpaired) electrons. The van der Waals surface area contributed by atoms with Crippen LogP contribution in [0.5, 0.6) is 5.75 Å². The molecule has 0 aliphatic carbocycles. The van der Waals surface area contributed by atoms with Gasteiger partial charge in [-0.25, -0.2) is 0 Å². The number of nitro benzene ring substituents is 1. The average Bonchev–Trinajstić information content (AvgIpc) is 2.61. The van der Waals surface area contributed by atoms with Gasteiger partial charge in [-0.05, 0) is 25.7 Å². The Labute approximate surface area is 156 Å². The first-order valence-electron chi connectivity index (χ1n) is 7.93. The second kappa shape index (κ2) is 9.17. The lowest BCUT2D eigenvalue weighted by molar-refractivity contribution is -0.384. The molecule has 0 saturated heterocycles. The van der Waals surface area contributed by atoms with Gasteiger partial charge in [-0.2, -0.15) is 0 Å². The van der Waals surface area contributed by atoms with Crippen molar-refractivity contribution in [1.29, 1.82) is 0 Å². The number of carbonyl (C=O) groups excluding carboxylic acids is 1. The molecule has 1 atom stereocenters. The molecular formula is C18H20ClN3O4. The first-order valence-corrected chi connectivity index (χ1v) is 8.31. The van der Waals surface area contributed by atoms with Gasteiger partial charge in [0.25, 0.3) is 11.6 Å². The zero-order chi connectivity index (χ0) is 19.1. The van der Waals surface area contributed by atoms with Crippen LogP contribution in [0.2, 0.25) is 5.02 Å². The third-order valence-electron chi connectivity index (χ3n) is 3.79. The SMILES string of the molecule is CN(C)[C@@H](CNC(=O)COc1ccc([N+](=O)[O-])cc1Cl)c1ccccc1. The fourth-order valence-corrected chi connectivity index (χ4v) is 2.63. The van der Waals surface area contributed by atoms with Gasteiger partial charge in [0.2, 0.25) is 0 Å². The number of ether oxygens (including phenoxy) is 1. The number of halogens is 1. The minimum absolute atomic E-state index is 0.0307. The van der Waals surface area contributed by atoms with Gasteiger partial charge < -0.3 is 15.0 Å². The van der Waals surface area contributed by atoms with Gasteiger partial charge in [-0.1, -0.05) is 41.9 Å². The molecule has 0 saturated carbocycles. The van der Waals surface area contributed by atoms with Crippen LogP contribution in [0, 0.1) is 10.1 Å². The summed E-state index contributed by atoms with van der Waals surface area (Å²) in [6.07, 6.45) is 0. The summed E-state index contributed by atoms with van der Waals surface area (Å²) in [6.45, 7) is 0.194. The van der Waals surface area contributed by atoms with Gasteiger partial charge in [0.05, 0.1) is 16.0 Å². The Morgan fingerprint density at radius 1 is 1.27 bits per heavy atom. The number of hydrogen-bond acceptors (Lipinski definition) is 5. The summed E-state index contributed by atoms with van der Waals surface area (Å²) in [5.74, 6) is -0.0816. The normalized spacial score (nSPS) is 11.8. The number of carbonyl (C=O) groups is 1. The fraction of sp³-hybridized carbons (Fsp3) is 0.278. The highest BCUT2D eigenvalue weighted by molar-refractivity contribution is 6.32. The van der Waals surface area contributed by atoms with Crippen molar-refractivity contribution >= 4 is 23.2 Å². The fourth-order valence-electron chi connectivity index (χ4n) is 2.40. The van der Waals surface area contributed by atoms with Gasteiger partial charge in [0.1, 0.15) is 5.75 Å². The Balaban J connectivity index is 1.89. The van der Waals surface area contributed by atoms with Crippen molar-refractivity contribution in [3.63, 3.8) is 0 Å². The number of nitro groups is 1. The van der Waals surface area contributed by atoms with Crippen LogP contribution in [0.4, 0.5) is 5.69 Å². The Kier molecular flexibility index (Phi) is 6.94. The molecule has 2 aromatic carbocycles. The third kappa shape index (κ3) is 5.44. The predicted molar refractivity (Wildman–Crippen MR) is 99.5 cm³/mol. The van der Waals surface area contributed by atoms with Crippen molar-refractivity contribution in [2.24, 2.45) is 0 Å². The zero-order valence-electron chi connectivity index (χ0n) is 14.5. The first-order chi connectivity index (χ1) is 12.4. The number of nitrogens with zero attached hydrogens (tertiary/aromatic N) is 2. The molecule has 0 aromatic heterocycles. The largest absolute Gasteiger partial charge is 0.482 e. The van der Waals surface area contributed by atoms with E-state index in [0.29, 0.717) is 6.54 Å². The first kappa shape index (κ1) is 19.7. The Morgan fingerprint density at radius 2 is 1.96 bits per heavy atom. The van der Waals surface area contributed by atoms with Crippen LogP contribution in [0.3, 0.4) is 0 Å². The quantitative estimate of drug-likeness (QED) is 0.564. The van der Waals surface area contributed by atoms with E-state index in [9.17, 15) is 14.9 Å². The van der Waals surface area contributed by atoms with E-state index in [0.717, 1.165) is 5.56 Å². The van der Waals surface area contributed by atoms with Crippen molar-refractivity contribution in [3.05, 3.63) is 69.2 Å². The molecule has 2 aromatic rings. The third-order valence-corrected chi connectivity index (χ3v) is 4.08. The van der Waals surface area contributed by atoms with Crippen LogP contribution in [0.25, 0.3) is 0 Å². The summed E-state index contributed by atoms with van der Waals surface area (Å²) in [4.78, 5) is 24.2. The van der Waals surface area contributed by atoms with Crippen LogP contribution in [0.1, 0.15) is 11.6 Å². The highest BCUT2D eigenvalue weighted by Crippen LogP contribution is 2.28. The van der Waals surface area contributed by atoms with E-state index in [4.69, 9.17) is 16.3 Å². The summed E-state index contributed by atoms with van der Waals surface area (Å²) >= 11 is 5.94. The standard InChI is InChI=1S/C18H20ClN3O4/c1-21(2)16(13-6-4-3-5-7-13)11-20-18(23)12-26-17-9-8-14(22(24)25)10-15(17)19/h3-10,16H,11-12H2,1-2H3,(H,20,23)/t16-/m0/s1. The smallest absolute Gasteiger partial charge is 0.271 e. The Hall–Kier alpha value is -2.64.